The van der Waals surface area contributed by atoms with Crippen molar-refractivity contribution in [2.45, 2.75) is 30.4 Å². The quantitative estimate of drug-likeness (QED) is 0.649. The molecule has 0 saturated carbocycles. The fraction of sp³-hybridized carbons (Fsp3) is 0.440. The van der Waals surface area contributed by atoms with E-state index in [1.165, 1.54) is 11.8 Å². The highest BCUT2D eigenvalue weighted by atomic mass is 32.2. The van der Waals surface area contributed by atoms with Gasteiger partial charge in [0.1, 0.15) is 5.75 Å². The fourth-order valence-electron chi connectivity index (χ4n) is 4.73. The topological polar surface area (TPSA) is 62.3 Å². The molecule has 0 bridgehead atoms. The molecule has 2 saturated heterocycles. The molecule has 0 N–H and O–H groups in total. The van der Waals surface area contributed by atoms with Crippen LogP contribution in [0.2, 0.25) is 0 Å². The van der Waals surface area contributed by atoms with Gasteiger partial charge in [-0.3, -0.25) is 24.3 Å². The number of para-hydroxylation sites is 1. The second kappa shape index (κ2) is 9.00. The molecule has 33 heavy (non-hydrogen) atoms. The first kappa shape index (κ1) is 22.3. The first-order chi connectivity index (χ1) is 16.1. The van der Waals surface area contributed by atoms with E-state index in [0.717, 1.165) is 36.5 Å². The Morgan fingerprint density at radius 2 is 1.82 bits per heavy atom. The zero-order valence-corrected chi connectivity index (χ0v) is 19.8. The van der Waals surface area contributed by atoms with Gasteiger partial charge in [0.2, 0.25) is 10.8 Å². The molecule has 2 fully saturated rings. The maximum absolute atomic E-state index is 14.2. The Kier molecular flexibility index (Phi) is 6.07. The number of morpholine rings is 1. The number of ether oxygens (including phenoxy) is 2. The van der Waals surface area contributed by atoms with Crippen LogP contribution in [0.4, 0.5) is 11.4 Å². The van der Waals surface area contributed by atoms with E-state index < -0.39 is 4.87 Å². The molecule has 3 heterocycles. The minimum absolute atomic E-state index is 0.0568. The van der Waals surface area contributed by atoms with Gasteiger partial charge in [-0.25, -0.2) is 0 Å². The number of benzene rings is 2. The van der Waals surface area contributed by atoms with Gasteiger partial charge in [0.25, 0.3) is 5.91 Å². The standard InChI is InChI=1S/C25H29N3O4S/c1-3-14-32-20-10-8-19(9-11-20)28-23(29)18(2)33-25(28)21-6-4-5-7-22(21)27(24(25)30)17-26-12-15-31-16-13-26/h4-11,18H,3,12-17H2,1-2H3. The van der Waals surface area contributed by atoms with Crippen molar-refractivity contribution in [1.82, 2.24) is 4.90 Å². The van der Waals surface area contributed by atoms with Crippen LogP contribution in [-0.4, -0.2) is 61.5 Å². The molecule has 0 radical (unpaired) electrons. The molecular weight excluding hydrogens is 438 g/mol. The fourth-order valence-corrected chi connectivity index (χ4v) is 6.26. The van der Waals surface area contributed by atoms with Gasteiger partial charge in [0.05, 0.1) is 37.4 Å². The Bertz CT molecular complexity index is 1040. The minimum Gasteiger partial charge on any atom is -0.494 e. The second-order valence-electron chi connectivity index (χ2n) is 8.54. The van der Waals surface area contributed by atoms with E-state index in [4.69, 9.17) is 9.47 Å². The molecule has 8 heteroatoms. The average molecular weight is 468 g/mol. The lowest BCUT2D eigenvalue weighted by atomic mass is 10.0. The highest BCUT2D eigenvalue weighted by Crippen LogP contribution is 2.57. The van der Waals surface area contributed by atoms with Crippen LogP contribution in [0, 0.1) is 0 Å². The first-order valence-electron chi connectivity index (χ1n) is 11.5. The maximum Gasteiger partial charge on any atom is 0.269 e. The number of amides is 2. The molecule has 0 aliphatic carbocycles. The normalized spacial score (nSPS) is 25.2. The summed E-state index contributed by atoms with van der Waals surface area (Å²) in [6.45, 7) is 7.96. The second-order valence-corrected chi connectivity index (χ2v) is 10.1. The number of carbonyl (C=O) groups is 2. The van der Waals surface area contributed by atoms with Gasteiger partial charge >= 0.3 is 0 Å². The summed E-state index contributed by atoms with van der Waals surface area (Å²) >= 11 is 1.43. The van der Waals surface area contributed by atoms with Crippen LogP contribution >= 0.6 is 11.8 Å². The highest BCUT2D eigenvalue weighted by Gasteiger charge is 2.63. The Morgan fingerprint density at radius 3 is 2.55 bits per heavy atom. The van der Waals surface area contributed by atoms with Crippen LogP contribution in [0.15, 0.2) is 48.5 Å². The zero-order chi connectivity index (χ0) is 23.0. The summed E-state index contributed by atoms with van der Waals surface area (Å²) in [5.41, 5.74) is 2.45. The molecule has 2 aromatic carbocycles. The number of carbonyl (C=O) groups excluding carboxylic acids is 2. The third kappa shape index (κ3) is 3.70. The lowest BCUT2D eigenvalue weighted by Crippen LogP contribution is -2.52. The minimum atomic E-state index is -1.11. The van der Waals surface area contributed by atoms with Crippen molar-refractivity contribution in [2.24, 2.45) is 0 Å². The van der Waals surface area contributed by atoms with Crippen molar-refractivity contribution in [3.05, 3.63) is 54.1 Å². The van der Waals surface area contributed by atoms with Crippen molar-refractivity contribution in [3.8, 4) is 5.75 Å². The summed E-state index contributed by atoms with van der Waals surface area (Å²) in [5.74, 6) is 0.636. The van der Waals surface area contributed by atoms with Crippen molar-refractivity contribution in [3.63, 3.8) is 0 Å². The number of hydrogen-bond donors (Lipinski definition) is 0. The lowest BCUT2D eigenvalue weighted by molar-refractivity contribution is -0.124. The molecule has 3 aliphatic heterocycles. The summed E-state index contributed by atoms with van der Waals surface area (Å²) in [6, 6.07) is 15.4. The Balaban J connectivity index is 1.54. The van der Waals surface area contributed by atoms with Gasteiger partial charge in [0.15, 0.2) is 0 Å². The number of rotatable bonds is 6. The van der Waals surface area contributed by atoms with Crippen molar-refractivity contribution < 1.29 is 19.1 Å². The predicted octanol–water partition coefficient (Wildman–Crippen LogP) is 3.43. The van der Waals surface area contributed by atoms with E-state index in [1.54, 1.807) is 4.90 Å². The van der Waals surface area contributed by atoms with E-state index in [2.05, 4.69) is 11.8 Å². The number of nitrogens with zero attached hydrogens (tertiary/aromatic N) is 3. The molecule has 2 aromatic rings. The van der Waals surface area contributed by atoms with Crippen LogP contribution in [0.1, 0.15) is 25.8 Å². The van der Waals surface area contributed by atoms with Crippen LogP contribution in [0.25, 0.3) is 0 Å². The van der Waals surface area contributed by atoms with Crippen LogP contribution < -0.4 is 14.5 Å². The average Bonchev–Trinajstić information content (AvgIpc) is 3.24. The predicted molar refractivity (Wildman–Crippen MR) is 130 cm³/mol. The number of anilines is 2. The summed E-state index contributed by atoms with van der Waals surface area (Å²) in [4.78, 5) is 32.3. The third-order valence-corrected chi connectivity index (χ3v) is 7.81. The monoisotopic (exact) mass is 467 g/mol. The molecule has 174 valence electrons. The van der Waals surface area contributed by atoms with E-state index in [9.17, 15) is 9.59 Å². The highest BCUT2D eigenvalue weighted by molar-refractivity contribution is 8.03. The van der Waals surface area contributed by atoms with Gasteiger partial charge < -0.3 is 9.47 Å². The van der Waals surface area contributed by atoms with Crippen molar-refractivity contribution in [1.29, 1.82) is 0 Å². The molecule has 2 atom stereocenters. The zero-order valence-electron chi connectivity index (χ0n) is 19.0. The Labute approximate surface area is 198 Å². The van der Waals surface area contributed by atoms with Crippen LogP contribution in [0.5, 0.6) is 5.75 Å². The van der Waals surface area contributed by atoms with Crippen molar-refractivity contribution in [2.75, 3.05) is 49.4 Å². The SMILES string of the molecule is CCCOc1ccc(N2C(=O)C(C)SC23C(=O)N(CN2CCOCC2)c2ccccc23)cc1. The summed E-state index contributed by atoms with van der Waals surface area (Å²) in [6.07, 6.45) is 0.924. The molecule has 7 nitrogen and oxygen atoms in total. The van der Waals surface area contributed by atoms with Crippen molar-refractivity contribution >= 4 is 35.0 Å². The van der Waals surface area contributed by atoms with Gasteiger partial charge in [-0.15, -0.1) is 11.8 Å². The molecule has 5 rings (SSSR count). The smallest absolute Gasteiger partial charge is 0.269 e. The summed E-state index contributed by atoms with van der Waals surface area (Å²) in [5, 5.41) is -0.332. The molecular formula is C25H29N3O4S. The Hall–Kier alpha value is -2.55. The van der Waals surface area contributed by atoms with Gasteiger partial charge in [-0.05, 0) is 43.7 Å². The van der Waals surface area contributed by atoms with Gasteiger partial charge in [0, 0.05) is 24.3 Å². The molecule has 2 amide bonds. The van der Waals surface area contributed by atoms with E-state index in [-0.39, 0.29) is 17.1 Å². The number of thioether (sulfide) groups is 1. The van der Waals surface area contributed by atoms with Gasteiger partial charge in [-0.1, -0.05) is 25.1 Å². The van der Waals surface area contributed by atoms with E-state index in [1.807, 2.05) is 60.4 Å². The van der Waals surface area contributed by atoms with E-state index >= 15 is 0 Å². The summed E-state index contributed by atoms with van der Waals surface area (Å²) < 4.78 is 11.2. The van der Waals surface area contributed by atoms with E-state index in [0.29, 0.717) is 32.2 Å². The van der Waals surface area contributed by atoms with Crippen LogP contribution in [-0.2, 0) is 19.2 Å². The number of fused-ring (bicyclic) bond motifs is 2. The maximum atomic E-state index is 14.2. The molecule has 1 spiro atoms. The third-order valence-electron chi connectivity index (χ3n) is 6.34. The van der Waals surface area contributed by atoms with Crippen LogP contribution in [0.3, 0.4) is 0 Å². The number of hydrogen-bond acceptors (Lipinski definition) is 6. The van der Waals surface area contributed by atoms with Gasteiger partial charge in [-0.2, -0.15) is 0 Å². The molecule has 0 aromatic heterocycles. The molecule has 2 unspecified atom stereocenters. The summed E-state index contributed by atoms with van der Waals surface area (Å²) in [7, 11) is 0. The lowest BCUT2D eigenvalue weighted by Gasteiger charge is -2.35. The largest absolute Gasteiger partial charge is 0.494 e. The molecule has 3 aliphatic rings. The Morgan fingerprint density at radius 1 is 1.09 bits per heavy atom. The first-order valence-corrected chi connectivity index (χ1v) is 12.4.